The number of halogens is 3. The molecule has 0 spiro atoms. The Morgan fingerprint density at radius 2 is 1.74 bits per heavy atom. The van der Waals surface area contributed by atoms with Crippen molar-refractivity contribution in [2.45, 2.75) is 11.3 Å². The second kappa shape index (κ2) is 9.18. The zero-order valence-electron chi connectivity index (χ0n) is 11.9. The molecule has 0 bridgehead atoms. The summed E-state index contributed by atoms with van der Waals surface area (Å²) in [4.78, 5) is 12.8. The largest absolute Gasteiger partial charge is 0.273 e. The molecule has 0 fully saturated rings. The van der Waals surface area contributed by atoms with Crippen LogP contribution in [0, 0.1) is 0 Å². The van der Waals surface area contributed by atoms with Crippen LogP contribution in [-0.2, 0) is 4.79 Å². The molecule has 23 heavy (non-hydrogen) atoms. The van der Waals surface area contributed by atoms with E-state index in [-0.39, 0.29) is 5.91 Å². The van der Waals surface area contributed by atoms with Gasteiger partial charge in [0.05, 0.1) is 16.3 Å². The third kappa shape index (κ3) is 6.07. The Morgan fingerprint density at radius 3 is 2.39 bits per heavy atom. The topological polar surface area (TPSA) is 41.5 Å². The normalized spacial score (nSPS) is 10.9. The predicted molar refractivity (Wildman–Crippen MR) is 99.0 cm³/mol. The molecular formula is C16H13Cl3N2OS. The number of hydrogen-bond acceptors (Lipinski definition) is 3. The van der Waals surface area contributed by atoms with Gasteiger partial charge in [-0.3, -0.25) is 4.79 Å². The molecule has 0 aromatic heterocycles. The molecule has 0 radical (unpaired) electrons. The molecule has 2 aromatic carbocycles. The molecule has 7 heteroatoms. The van der Waals surface area contributed by atoms with Gasteiger partial charge in [0, 0.05) is 27.7 Å². The zero-order chi connectivity index (χ0) is 16.7. The van der Waals surface area contributed by atoms with E-state index in [2.05, 4.69) is 10.5 Å². The SMILES string of the molecule is O=C(CCSc1ccc(Cl)cc1)N/N=C\c1c(Cl)cccc1Cl. The lowest BCUT2D eigenvalue weighted by Gasteiger charge is -2.02. The van der Waals surface area contributed by atoms with Crippen molar-refractivity contribution in [1.29, 1.82) is 0 Å². The van der Waals surface area contributed by atoms with Crippen LogP contribution in [0.2, 0.25) is 15.1 Å². The number of carbonyl (C=O) groups excluding carboxylic acids is 1. The van der Waals surface area contributed by atoms with Crippen LogP contribution in [0.25, 0.3) is 0 Å². The molecule has 1 amide bonds. The van der Waals surface area contributed by atoms with E-state index in [1.165, 1.54) is 6.21 Å². The van der Waals surface area contributed by atoms with Gasteiger partial charge in [0.2, 0.25) is 5.91 Å². The van der Waals surface area contributed by atoms with Gasteiger partial charge in [0.15, 0.2) is 0 Å². The predicted octanol–water partition coefficient (Wildman–Crippen LogP) is 5.28. The van der Waals surface area contributed by atoms with Gasteiger partial charge in [-0.25, -0.2) is 5.43 Å². The highest BCUT2D eigenvalue weighted by molar-refractivity contribution is 7.99. The van der Waals surface area contributed by atoms with Crippen molar-refractivity contribution < 1.29 is 4.79 Å². The summed E-state index contributed by atoms with van der Waals surface area (Å²) in [6.07, 6.45) is 1.79. The number of rotatable bonds is 6. The first-order chi connectivity index (χ1) is 11.1. The molecule has 0 aliphatic carbocycles. The fraction of sp³-hybridized carbons (Fsp3) is 0.125. The second-order valence-electron chi connectivity index (χ2n) is 4.48. The van der Waals surface area contributed by atoms with E-state index in [1.54, 1.807) is 30.0 Å². The molecule has 0 aliphatic rings. The molecule has 0 atom stereocenters. The number of thioether (sulfide) groups is 1. The van der Waals surface area contributed by atoms with E-state index in [4.69, 9.17) is 34.8 Å². The summed E-state index contributed by atoms with van der Waals surface area (Å²) in [6, 6.07) is 12.6. The van der Waals surface area contributed by atoms with Crippen LogP contribution in [0.3, 0.4) is 0 Å². The summed E-state index contributed by atoms with van der Waals surface area (Å²) >= 11 is 19.4. The summed E-state index contributed by atoms with van der Waals surface area (Å²) in [6.45, 7) is 0. The fourth-order valence-corrected chi connectivity index (χ4v) is 3.12. The highest BCUT2D eigenvalue weighted by Gasteiger charge is 2.03. The Balaban J connectivity index is 1.77. The van der Waals surface area contributed by atoms with Crippen LogP contribution >= 0.6 is 46.6 Å². The van der Waals surface area contributed by atoms with Crippen molar-refractivity contribution in [2.75, 3.05) is 5.75 Å². The first kappa shape index (κ1) is 18.1. The maximum Gasteiger partial charge on any atom is 0.240 e. The molecule has 2 aromatic rings. The van der Waals surface area contributed by atoms with E-state index in [0.29, 0.717) is 32.8 Å². The number of hydrazone groups is 1. The quantitative estimate of drug-likeness (QED) is 0.416. The Bertz CT molecular complexity index is 685. The summed E-state index contributed by atoms with van der Waals surface area (Å²) < 4.78 is 0. The number of carbonyl (C=O) groups is 1. The molecule has 2 rings (SSSR count). The van der Waals surface area contributed by atoms with Crippen molar-refractivity contribution in [1.82, 2.24) is 5.43 Å². The molecule has 120 valence electrons. The molecule has 0 saturated heterocycles. The van der Waals surface area contributed by atoms with E-state index in [0.717, 1.165) is 4.90 Å². The lowest BCUT2D eigenvalue weighted by molar-refractivity contribution is -0.120. The van der Waals surface area contributed by atoms with Crippen LogP contribution in [-0.4, -0.2) is 17.9 Å². The fourth-order valence-electron chi connectivity index (χ4n) is 1.65. The van der Waals surface area contributed by atoms with Crippen LogP contribution in [0.4, 0.5) is 0 Å². The van der Waals surface area contributed by atoms with Crippen LogP contribution < -0.4 is 5.43 Å². The van der Waals surface area contributed by atoms with E-state index in [1.807, 2.05) is 24.3 Å². The van der Waals surface area contributed by atoms with Gasteiger partial charge < -0.3 is 0 Å². The maximum absolute atomic E-state index is 11.7. The van der Waals surface area contributed by atoms with Gasteiger partial charge in [-0.1, -0.05) is 40.9 Å². The molecule has 0 heterocycles. The first-order valence-corrected chi connectivity index (χ1v) is 8.82. The van der Waals surface area contributed by atoms with Gasteiger partial charge in [-0.05, 0) is 36.4 Å². The van der Waals surface area contributed by atoms with Gasteiger partial charge in [0.1, 0.15) is 0 Å². The Morgan fingerprint density at radius 1 is 1.09 bits per heavy atom. The molecule has 1 N–H and O–H groups in total. The summed E-state index contributed by atoms with van der Waals surface area (Å²) in [5.74, 6) is 0.474. The molecule has 3 nitrogen and oxygen atoms in total. The first-order valence-electron chi connectivity index (χ1n) is 6.70. The lowest BCUT2D eigenvalue weighted by atomic mass is 10.2. The number of amides is 1. The second-order valence-corrected chi connectivity index (χ2v) is 6.90. The van der Waals surface area contributed by atoms with Gasteiger partial charge >= 0.3 is 0 Å². The van der Waals surface area contributed by atoms with Crippen molar-refractivity contribution in [3.63, 3.8) is 0 Å². The number of hydrogen-bond donors (Lipinski definition) is 1. The van der Waals surface area contributed by atoms with Crippen LogP contribution in [0.15, 0.2) is 52.5 Å². The zero-order valence-corrected chi connectivity index (χ0v) is 15.0. The highest BCUT2D eigenvalue weighted by Crippen LogP contribution is 2.22. The average molecular weight is 388 g/mol. The standard InChI is InChI=1S/C16H13Cl3N2OS/c17-11-4-6-12(7-5-11)23-9-8-16(22)21-20-10-13-14(18)2-1-3-15(13)19/h1-7,10H,8-9H2,(H,21,22)/b20-10-. The maximum atomic E-state index is 11.7. The van der Waals surface area contributed by atoms with Gasteiger partial charge in [-0.15, -0.1) is 11.8 Å². The van der Waals surface area contributed by atoms with Crippen molar-refractivity contribution >= 4 is 58.7 Å². The lowest BCUT2D eigenvalue weighted by Crippen LogP contribution is -2.17. The summed E-state index contributed by atoms with van der Waals surface area (Å²) in [7, 11) is 0. The minimum atomic E-state index is -0.175. The highest BCUT2D eigenvalue weighted by atomic mass is 35.5. The monoisotopic (exact) mass is 386 g/mol. The van der Waals surface area contributed by atoms with E-state index < -0.39 is 0 Å². The minimum absolute atomic E-state index is 0.175. The third-order valence-electron chi connectivity index (χ3n) is 2.79. The van der Waals surface area contributed by atoms with Crippen LogP contribution in [0.5, 0.6) is 0 Å². The third-order valence-corrected chi connectivity index (χ3v) is 4.72. The van der Waals surface area contributed by atoms with Crippen LogP contribution in [0.1, 0.15) is 12.0 Å². The number of nitrogens with one attached hydrogen (secondary N) is 1. The molecule has 0 saturated carbocycles. The van der Waals surface area contributed by atoms with Crippen molar-refractivity contribution in [3.05, 3.63) is 63.1 Å². The minimum Gasteiger partial charge on any atom is -0.273 e. The molecular weight excluding hydrogens is 375 g/mol. The van der Waals surface area contributed by atoms with Gasteiger partial charge in [0.25, 0.3) is 0 Å². The Labute approximate surface area is 154 Å². The molecule has 0 unspecified atom stereocenters. The van der Waals surface area contributed by atoms with Gasteiger partial charge in [-0.2, -0.15) is 5.10 Å². The van der Waals surface area contributed by atoms with E-state index in [9.17, 15) is 4.79 Å². The number of benzene rings is 2. The molecule has 0 aliphatic heterocycles. The number of nitrogens with zero attached hydrogens (tertiary/aromatic N) is 1. The van der Waals surface area contributed by atoms with E-state index >= 15 is 0 Å². The van der Waals surface area contributed by atoms with Crippen molar-refractivity contribution in [3.8, 4) is 0 Å². The van der Waals surface area contributed by atoms with Crippen molar-refractivity contribution in [2.24, 2.45) is 5.10 Å². The summed E-state index contributed by atoms with van der Waals surface area (Å²) in [5.41, 5.74) is 3.04. The Hall–Kier alpha value is -1.20. The average Bonchev–Trinajstić information content (AvgIpc) is 2.52. The Kier molecular flexibility index (Phi) is 7.24. The summed E-state index contributed by atoms with van der Waals surface area (Å²) in [5, 5.41) is 5.54. The smallest absolute Gasteiger partial charge is 0.240 e.